The second-order valence-electron chi connectivity index (χ2n) is 3.99. The van der Waals surface area contributed by atoms with E-state index in [0.29, 0.717) is 6.04 Å². The molecule has 0 aliphatic carbocycles. The van der Waals surface area contributed by atoms with Gasteiger partial charge in [-0.3, -0.25) is 4.90 Å². The fourth-order valence-corrected chi connectivity index (χ4v) is 2.77. The van der Waals surface area contributed by atoms with E-state index in [4.69, 9.17) is 0 Å². The Balaban J connectivity index is 1.92. The molecular weight excluding hydrogens is 208 g/mol. The number of nitrogens with zero attached hydrogens (tertiary/aromatic N) is 3. The number of aromatic nitrogens is 2. The fraction of sp³-hybridized carbons (Fsp3) is 0.800. The SMILES string of the molecule is CCNc1nnc(CN2CCCC2C)s1. The molecule has 0 aromatic carbocycles. The Kier molecular flexibility index (Phi) is 3.53. The highest BCUT2D eigenvalue weighted by molar-refractivity contribution is 7.15. The summed E-state index contributed by atoms with van der Waals surface area (Å²) in [6.45, 7) is 7.44. The summed E-state index contributed by atoms with van der Waals surface area (Å²) in [4.78, 5) is 2.48. The summed E-state index contributed by atoms with van der Waals surface area (Å²) >= 11 is 1.67. The second-order valence-corrected chi connectivity index (χ2v) is 5.06. The summed E-state index contributed by atoms with van der Waals surface area (Å²) in [6, 6.07) is 0.705. The molecule has 1 saturated heterocycles. The lowest BCUT2D eigenvalue weighted by molar-refractivity contribution is 0.259. The molecule has 0 saturated carbocycles. The van der Waals surface area contributed by atoms with Gasteiger partial charge in [0.05, 0.1) is 6.54 Å². The van der Waals surface area contributed by atoms with Crippen molar-refractivity contribution in [2.45, 2.75) is 39.3 Å². The van der Waals surface area contributed by atoms with Crippen LogP contribution >= 0.6 is 11.3 Å². The van der Waals surface area contributed by atoms with Gasteiger partial charge in [-0.1, -0.05) is 11.3 Å². The summed E-state index contributed by atoms with van der Waals surface area (Å²) in [5.41, 5.74) is 0. The molecule has 1 unspecified atom stereocenters. The van der Waals surface area contributed by atoms with Crippen molar-refractivity contribution in [2.75, 3.05) is 18.4 Å². The lowest BCUT2D eigenvalue weighted by atomic mass is 10.2. The summed E-state index contributed by atoms with van der Waals surface area (Å²) in [7, 11) is 0. The molecule has 1 fully saturated rings. The normalized spacial score (nSPS) is 22.1. The number of anilines is 1. The smallest absolute Gasteiger partial charge is 0.205 e. The highest BCUT2D eigenvalue weighted by Crippen LogP contribution is 2.22. The van der Waals surface area contributed by atoms with Crippen LogP contribution in [-0.4, -0.2) is 34.2 Å². The van der Waals surface area contributed by atoms with Crippen molar-refractivity contribution in [3.05, 3.63) is 5.01 Å². The van der Waals surface area contributed by atoms with Gasteiger partial charge >= 0.3 is 0 Å². The number of nitrogens with one attached hydrogen (secondary N) is 1. The average Bonchev–Trinajstić information content (AvgIpc) is 2.79. The van der Waals surface area contributed by atoms with Gasteiger partial charge in [-0.25, -0.2) is 0 Å². The predicted octanol–water partition coefficient (Wildman–Crippen LogP) is 1.95. The van der Waals surface area contributed by atoms with Crippen LogP contribution in [0.25, 0.3) is 0 Å². The summed E-state index contributed by atoms with van der Waals surface area (Å²) in [5, 5.41) is 13.6. The molecule has 2 heterocycles. The van der Waals surface area contributed by atoms with Crippen molar-refractivity contribution in [2.24, 2.45) is 0 Å². The van der Waals surface area contributed by atoms with Gasteiger partial charge in [0.2, 0.25) is 5.13 Å². The van der Waals surface area contributed by atoms with E-state index in [-0.39, 0.29) is 0 Å². The number of hydrogen-bond donors (Lipinski definition) is 1. The maximum absolute atomic E-state index is 4.20. The Bertz CT molecular complexity index is 312. The molecule has 1 N–H and O–H groups in total. The minimum Gasteiger partial charge on any atom is -0.360 e. The first-order valence-electron chi connectivity index (χ1n) is 5.60. The molecule has 2 rings (SSSR count). The minimum atomic E-state index is 0.705. The first kappa shape index (κ1) is 10.8. The molecule has 1 aliphatic heterocycles. The molecule has 15 heavy (non-hydrogen) atoms. The Morgan fingerprint density at radius 2 is 2.40 bits per heavy atom. The molecule has 1 aromatic heterocycles. The Morgan fingerprint density at radius 1 is 1.53 bits per heavy atom. The monoisotopic (exact) mass is 226 g/mol. The lowest BCUT2D eigenvalue weighted by Crippen LogP contribution is -2.26. The molecule has 0 amide bonds. The molecule has 1 aliphatic rings. The van der Waals surface area contributed by atoms with E-state index in [2.05, 4.69) is 34.3 Å². The van der Waals surface area contributed by atoms with Crippen LogP contribution in [0.4, 0.5) is 5.13 Å². The molecular formula is C10H18N4S. The first-order chi connectivity index (χ1) is 7.29. The van der Waals surface area contributed by atoms with Gasteiger partial charge < -0.3 is 5.32 Å². The molecule has 1 atom stereocenters. The topological polar surface area (TPSA) is 41.1 Å². The van der Waals surface area contributed by atoms with Gasteiger partial charge in [-0.05, 0) is 33.2 Å². The average molecular weight is 226 g/mol. The first-order valence-corrected chi connectivity index (χ1v) is 6.41. The van der Waals surface area contributed by atoms with Gasteiger partial charge in [0.15, 0.2) is 0 Å². The highest BCUT2D eigenvalue weighted by Gasteiger charge is 2.21. The second kappa shape index (κ2) is 4.90. The maximum atomic E-state index is 4.20. The van der Waals surface area contributed by atoms with Gasteiger partial charge in [-0.2, -0.15) is 0 Å². The summed E-state index contributed by atoms with van der Waals surface area (Å²) in [5.74, 6) is 0. The van der Waals surface area contributed by atoms with Crippen LogP contribution in [0.3, 0.4) is 0 Å². The number of likely N-dealkylation sites (tertiary alicyclic amines) is 1. The minimum absolute atomic E-state index is 0.705. The van der Waals surface area contributed by atoms with E-state index in [9.17, 15) is 0 Å². The Morgan fingerprint density at radius 3 is 3.07 bits per heavy atom. The third-order valence-electron chi connectivity index (χ3n) is 2.82. The van der Waals surface area contributed by atoms with Gasteiger partial charge in [-0.15, -0.1) is 10.2 Å². The molecule has 0 radical (unpaired) electrons. The van der Waals surface area contributed by atoms with Crippen molar-refractivity contribution in [3.8, 4) is 0 Å². The van der Waals surface area contributed by atoms with Crippen LogP contribution in [0, 0.1) is 0 Å². The van der Waals surface area contributed by atoms with Crippen LogP contribution < -0.4 is 5.32 Å². The zero-order valence-electron chi connectivity index (χ0n) is 9.36. The van der Waals surface area contributed by atoms with Crippen LogP contribution in [0.15, 0.2) is 0 Å². The van der Waals surface area contributed by atoms with E-state index in [0.717, 1.165) is 23.2 Å². The summed E-state index contributed by atoms with van der Waals surface area (Å²) < 4.78 is 0. The van der Waals surface area contributed by atoms with E-state index in [1.165, 1.54) is 19.4 Å². The van der Waals surface area contributed by atoms with Crippen molar-refractivity contribution in [1.29, 1.82) is 0 Å². The number of hydrogen-bond acceptors (Lipinski definition) is 5. The highest BCUT2D eigenvalue weighted by atomic mass is 32.1. The van der Waals surface area contributed by atoms with Crippen LogP contribution in [-0.2, 0) is 6.54 Å². The van der Waals surface area contributed by atoms with Crippen molar-refractivity contribution in [1.82, 2.24) is 15.1 Å². The predicted molar refractivity (Wildman–Crippen MR) is 63.2 cm³/mol. The van der Waals surface area contributed by atoms with Crippen LogP contribution in [0.1, 0.15) is 31.7 Å². The van der Waals surface area contributed by atoms with Crippen LogP contribution in [0.5, 0.6) is 0 Å². The van der Waals surface area contributed by atoms with E-state index >= 15 is 0 Å². The standard InChI is InChI=1S/C10H18N4S/c1-3-11-10-13-12-9(15-10)7-14-6-4-5-8(14)2/h8H,3-7H2,1-2H3,(H,11,13). The maximum Gasteiger partial charge on any atom is 0.205 e. The lowest BCUT2D eigenvalue weighted by Gasteiger charge is -2.18. The van der Waals surface area contributed by atoms with Gasteiger partial charge in [0, 0.05) is 12.6 Å². The van der Waals surface area contributed by atoms with E-state index < -0.39 is 0 Å². The Labute approximate surface area is 94.7 Å². The third-order valence-corrected chi connectivity index (χ3v) is 3.69. The molecule has 84 valence electrons. The molecule has 5 heteroatoms. The van der Waals surface area contributed by atoms with Gasteiger partial charge in [0.25, 0.3) is 0 Å². The van der Waals surface area contributed by atoms with Gasteiger partial charge in [0.1, 0.15) is 5.01 Å². The molecule has 0 bridgehead atoms. The zero-order valence-corrected chi connectivity index (χ0v) is 10.2. The third kappa shape index (κ3) is 2.66. The number of rotatable bonds is 4. The fourth-order valence-electron chi connectivity index (χ4n) is 1.94. The van der Waals surface area contributed by atoms with Crippen molar-refractivity contribution in [3.63, 3.8) is 0 Å². The molecule has 0 spiro atoms. The molecule has 4 nitrogen and oxygen atoms in total. The Hall–Kier alpha value is -0.680. The molecule has 1 aromatic rings. The van der Waals surface area contributed by atoms with Crippen molar-refractivity contribution < 1.29 is 0 Å². The van der Waals surface area contributed by atoms with E-state index in [1.54, 1.807) is 11.3 Å². The summed E-state index contributed by atoms with van der Waals surface area (Å²) in [6.07, 6.45) is 2.64. The van der Waals surface area contributed by atoms with Crippen molar-refractivity contribution >= 4 is 16.5 Å². The van der Waals surface area contributed by atoms with Crippen LogP contribution in [0.2, 0.25) is 0 Å². The largest absolute Gasteiger partial charge is 0.360 e. The van der Waals surface area contributed by atoms with E-state index in [1.807, 2.05) is 0 Å². The quantitative estimate of drug-likeness (QED) is 0.852. The zero-order chi connectivity index (χ0) is 10.7.